The maximum Gasteiger partial charge on any atom is 0.145 e. The molecule has 0 aliphatic carbocycles. The zero-order valence-electron chi connectivity index (χ0n) is 34.2. The number of benzene rings is 9. The molecule has 0 saturated carbocycles. The number of aromatic nitrogens is 2. The maximum absolute atomic E-state index is 6.70. The molecule has 3 aromatic heterocycles. The summed E-state index contributed by atoms with van der Waals surface area (Å²) in [6, 6.07) is 76.3. The summed E-state index contributed by atoms with van der Waals surface area (Å²) in [5.74, 6) is 0. The molecule has 5 heteroatoms. The Labute approximate surface area is 363 Å². The summed E-state index contributed by atoms with van der Waals surface area (Å²) in [6.07, 6.45) is 2.21. The molecule has 5 nitrogen and oxygen atoms in total. The standard InChI is InChI=1S/C58H40N4O/c1-4-15-38(16-5-1)48-36-49(39-17-6-2-7-18-39)60-58(59-48)41-20-14-19-40(35-41)37-27-29-43(30-28-37)61-50-25-12-10-24-46(50)54-51(61)34-32-47-55-52(62(56(47)54)42-21-8-3-9-22-42)33-31-45-44-23-11-13-26-53(44)63-57(45)55/h1-36,48,58-60H. The van der Waals surface area contributed by atoms with Gasteiger partial charge in [0, 0.05) is 44.0 Å². The lowest BCUT2D eigenvalue weighted by Gasteiger charge is -2.33. The van der Waals surface area contributed by atoms with Crippen LogP contribution in [0.5, 0.6) is 0 Å². The molecule has 9 aromatic carbocycles. The third-order valence-electron chi connectivity index (χ3n) is 13.0. The Kier molecular flexibility index (Phi) is 8.05. The Morgan fingerprint density at radius 2 is 1.05 bits per heavy atom. The van der Waals surface area contributed by atoms with Gasteiger partial charge in [0.2, 0.25) is 0 Å². The van der Waals surface area contributed by atoms with Crippen LogP contribution in [0, 0.1) is 0 Å². The molecule has 0 saturated heterocycles. The van der Waals surface area contributed by atoms with Gasteiger partial charge in [-0.1, -0.05) is 146 Å². The fourth-order valence-electron chi connectivity index (χ4n) is 10.1. The molecule has 2 atom stereocenters. The SMILES string of the molecule is C1=C(c2ccccc2)NC(c2cccc(-c3ccc(-n4c5ccccc5c5c4ccc4c6c7oc8ccccc8c7ccc6n(-c6ccccc6)c45)cc3)c2)NC1c1ccccc1. The topological polar surface area (TPSA) is 47.1 Å². The van der Waals surface area contributed by atoms with Crippen molar-refractivity contribution in [2.75, 3.05) is 0 Å². The number of fused-ring (bicyclic) bond motifs is 11. The second-order valence-electron chi connectivity index (χ2n) is 16.6. The average Bonchev–Trinajstić information content (AvgIpc) is 4.02. The van der Waals surface area contributed by atoms with E-state index in [0.717, 1.165) is 66.5 Å². The predicted molar refractivity (Wildman–Crippen MR) is 260 cm³/mol. The van der Waals surface area contributed by atoms with Gasteiger partial charge in [-0.15, -0.1) is 0 Å². The Morgan fingerprint density at radius 1 is 0.413 bits per heavy atom. The Hall–Kier alpha value is -8.12. The van der Waals surface area contributed by atoms with E-state index in [2.05, 4.69) is 232 Å². The van der Waals surface area contributed by atoms with Gasteiger partial charge in [-0.2, -0.15) is 0 Å². The van der Waals surface area contributed by atoms with Crippen LogP contribution in [0.2, 0.25) is 0 Å². The first kappa shape index (κ1) is 35.6. The van der Waals surface area contributed by atoms with Gasteiger partial charge >= 0.3 is 0 Å². The first-order valence-corrected chi connectivity index (χ1v) is 21.7. The summed E-state index contributed by atoms with van der Waals surface area (Å²) < 4.78 is 11.6. The fraction of sp³-hybridized carbons (Fsp3) is 0.0345. The van der Waals surface area contributed by atoms with Gasteiger partial charge in [0.15, 0.2) is 0 Å². The minimum atomic E-state index is -0.0847. The van der Waals surface area contributed by atoms with E-state index in [0.29, 0.717) is 0 Å². The molecular weight excluding hydrogens is 769 g/mol. The van der Waals surface area contributed by atoms with Gasteiger partial charge in [-0.25, -0.2) is 0 Å². The molecule has 0 spiro atoms. The zero-order valence-corrected chi connectivity index (χ0v) is 34.2. The molecule has 298 valence electrons. The van der Waals surface area contributed by atoms with Crippen LogP contribution in [0.15, 0.2) is 223 Å². The molecule has 13 rings (SSSR count). The van der Waals surface area contributed by atoms with Gasteiger partial charge in [0.25, 0.3) is 0 Å². The number of furan rings is 1. The Bertz CT molecular complexity index is 3730. The lowest BCUT2D eigenvalue weighted by Crippen LogP contribution is -2.39. The van der Waals surface area contributed by atoms with E-state index < -0.39 is 0 Å². The van der Waals surface area contributed by atoms with E-state index in [1.165, 1.54) is 43.9 Å². The van der Waals surface area contributed by atoms with Crippen molar-refractivity contribution in [1.82, 2.24) is 19.8 Å². The van der Waals surface area contributed by atoms with Crippen molar-refractivity contribution in [2.45, 2.75) is 12.2 Å². The van der Waals surface area contributed by atoms with Gasteiger partial charge in [0.05, 0.1) is 33.5 Å². The zero-order chi connectivity index (χ0) is 41.4. The van der Waals surface area contributed by atoms with Crippen LogP contribution in [0.25, 0.3) is 93.7 Å². The Morgan fingerprint density at radius 3 is 1.86 bits per heavy atom. The van der Waals surface area contributed by atoms with Crippen molar-refractivity contribution in [3.05, 3.63) is 235 Å². The molecule has 1 aliphatic rings. The number of rotatable bonds is 6. The van der Waals surface area contributed by atoms with Crippen molar-refractivity contribution in [3.63, 3.8) is 0 Å². The quantitative estimate of drug-likeness (QED) is 0.176. The van der Waals surface area contributed by atoms with Crippen molar-refractivity contribution >= 4 is 71.2 Å². The van der Waals surface area contributed by atoms with E-state index in [9.17, 15) is 0 Å². The molecule has 0 amide bonds. The van der Waals surface area contributed by atoms with E-state index in [-0.39, 0.29) is 12.2 Å². The van der Waals surface area contributed by atoms with E-state index in [1.807, 2.05) is 6.07 Å². The van der Waals surface area contributed by atoms with Gasteiger partial charge < -0.3 is 18.9 Å². The van der Waals surface area contributed by atoms with Crippen LogP contribution < -0.4 is 10.6 Å². The van der Waals surface area contributed by atoms with Crippen LogP contribution in [0.1, 0.15) is 28.9 Å². The molecule has 2 unspecified atom stereocenters. The van der Waals surface area contributed by atoms with Crippen LogP contribution in [-0.2, 0) is 0 Å². The largest absolute Gasteiger partial charge is 0.455 e. The van der Waals surface area contributed by atoms with Crippen molar-refractivity contribution in [1.29, 1.82) is 0 Å². The van der Waals surface area contributed by atoms with Gasteiger partial charge in [-0.05, 0) is 101 Å². The maximum atomic E-state index is 6.70. The highest BCUT2D eigenvalue weighted by atomic mass is 16.3. The summed E-state index contributed by atoms with van der Waals surface area (Å²) in [7, 11) is 0. The molecule has 0 bridgehead atoms. The monoisotopic (exact) mass is 808 g/mol. The summed E-state index contributed by atoms with van der Waals surface area (Å²) >= 11 is 0. The molecule has 2 N–H and O–H groups in total. The summed E-state index contributed by atoms with van der Waals surface area (Å²) in [5, 5.41) is 14.7. The fourth-order valence-corrected chi connectivity index (χ4v) is 10.1. The van der Waals surface area contributed by atoms with Gasteiger partial charge in [-0.3, -0.25) is 5.32 Å². The number of nitrogens with zero attached hydrogens (tertiary/aromatic N) is 2. The summed E-state index contributed by atoms with van der Waals surface area (Å²) in [5.41, 5.74) is 15.7. The highest BCUT2D eigenvalue weighted by Crippen LogP contribution is 2.45. The van der Waals surface area contributed by atoms with Crippen LogP contribution in [-0.4, -0.2) is 9.13 Å². The third-order valence-corrected chi connectivity index (χ3v) is 13.0. The molecule has 0 radical (unpaired) electrons. The second-order valence-corrected chi connectivity index (χ2v) is 16.6. The van der Waals surface area contributed by atoms with Crippen LogP contribution >= 0.6 is 0 Å². The van der Waals surface area contributed by atoms with E-state index >= 15 is 0 Å². The van der Waals surface area contributed by atoms with E-state index in [4.69, 9.17) is 4.42 Å². The molecule has 0 fully saturated rings. The second kappa shape index (κ2) is 14.2. The lowest BCUT2D eigenvalue weighted by molar-refractivity contribution is 0.443. The minimum Gasteiger partial charge on any atom is -0.455 e. The van der Waals surface area contributed by atoms with Crippen LogP contribution in [0.4, 0.5) is 0 Å². The summed E-state index contributed by atoms with van der Waals surface area (Å²) in [6.45, 7) is 0. The highest BCUT2D eigenvalue weighted by molar-refractivity contribution is 6.31. The highest BCUT2D eigenvalue weighted by Gasteiger charge is 2.26. The van der Waals surface area contributed by atoms with Crippen molar-refractivity contribution in [3.8, 4) is 22.5 Å². The van der Waals surface area contributed by atoms with Crippen LogP contribution in [0.3, 0.4) is 0 Å². The van der Waals surface area contributed by atoms with E-state index in [1.54, 1.807) is 0 Å². The smallest absolute Gasteiger partial charge is 0.145 e. The molecule has 63 heavy (non-hydrogen) atoms. The predicted octanol–water partition coefficient (Wildman–Crippen LogP) is 14.4. The van der Waals surface area contributed by atoms with Crippen molar-refractivity contribution in [2.24, 2.45) is 0 Å². The number of hydrogen-bond donors (Lipinski definition) is 2. The number of hydrogen-bond acceptors (Lipinski definition) is 3. The molecule has 1 aliphatic heterocycles. The first-order valence-electron chi connectivity index (χ1n) is 21.7. The molecule has 12 aromatic rings. The Balaban J connectivity index is 0.935. The first-order chi connectivity index (χ1) is 31.2. The summed E-state index contributed by atoms with van der Waals surface area (Å²) in [4.78, 5) is 0. The molecular formula is C58H40N4O. The van der Waals surface area contributed by atoms with Crippen molar-refractivity contribution < 1.29 is 4.42 Å². The molecule has 4 heterocycles. The number of nitrogens with one attached hydrogen (secondary N) is 2. The third kappa shape index (κ3) is 5.67. The van der Waals surface area contributed by atoms with Gasteiger partial charge in [0.1, 0.15) is 17.3 Å². The minimum absolute atomic E-state index is 0.0586. The average molecular weight is 809 g/mol. The lowest BCUT2D eigenvalue weighted by atomic mass is 9.97. The number of para-hydroxylation sites is 3. The normalized spacial score (nSPS) is 15.5.